The van der Waals surface area contributed by atoms with Crippen LogP contribution in [0.2, 0.25) is 0 Å². The molecular weight excluding hydrogens is 306 g/mol. The lowest BCUT2D eigenvalue weighted by Crippen LogP contribution is -2.44. The van der Waals surface area contributed by atoms with Crippen molar-refractivity contribution in [3.05, 3.63) is 59.7 Å². The number of methoxy groups -OCH3 is 2. The van der Waals surface area contributed by atoms with Crippen LogP contribution in [0.25, 0.3) is 0 Å². The molecule has 0 aliphatic heterocycles. The molecule has 0 unspecified atom stereocenters. The van der Waals surface area contributed by atoms with E-state index in [0.29, 0.717) is 17.0 Å². The number of rotatable bonds is 5. The number of hydrogen-bond acceptors (Lipinski definition) is 4. The van der Waals surface area contributed by atoms with Gasteiger partial charge < -0.3 is 9.47 Å². The number of nitrogens with zero attached hydrogens (tertiary/aromatic N) is 1. The SMILES string of the molecule is COC(=O)[C@H](C)N(C(=O)c1ccccc1)c1cccc(OC)c1C. The van der Waals surface area contributed by atoms with Gasteiger partial charge in [0.15, 0.2) is 0 Å². The Morgan fingerprint density at radius 1 is 1.00 bits per heavy atom. The third-order valence-electron chi connectivity index (χ3n) is 3.90. The number of hydrogen-bond donors (Lipinski definition) is 0. The molecule has 0 saturated carbocycles. The average molecular weight is 327 g/mol. The molecule has 0 N–H and O–H groups in total. The number of amides is 1. The molecular formula is C19H21NO4. The van der Waals surface area contributed by atoms with E-state index in [1.54, 1.807) is 50.4 Å². The fourth-order valence-corrected chi connectivity index (χ4v) is 2.57. The molecule has 5 nitrogen and oxygen atoms in total. The maximum Gasteiger partial charge on any atom is 0.328 e. The van der Waals surface area contributed by atoms with Gasteiger partial charge >= 0.3 is 5.97 Å². The average Bonchev–Trinajstić information content (AvgIpc) is 2.63. The smallest absolute Gasteiger partial charge is 0.328 e. The van der Waals surface area contributed by atoms with E-state index in [0.717, 1.165) is 5.56 Å². The Bertz CT molecular complexity index is 727. The van der Waals surface area contributed by atoms with Crippen molar-refractivity contribution in [1.29, 1.82) is 0 Å². The van der Waals surface area contributed by atoms with E-state index in [1.165, 1.54) is 12.0 Å². The normalized spacial score (nSPS) is 11.5. The molecule has 0 heterocycles. The van der Waals surface area contributed by atoms with Crippen LogP contribution in [0.3, 0.4) is 0 Å². The van der Waals surface area contributed by atoms with Gasteiger partial charge in [0.05, 0.1) is 19.9 Å². The van der Waals surface area contributed by atoms with Crippen molar-refractivity contribution in [3.8, 4) is 5.75 Å². The minimum atomic E-state index is -0.770. The predicted molar refractivity (Wildman–Crippen MR) is 92.5 cm³/mol. The summed E-state index contributed by atoms with van der Waals surface area (Å²) in [5.41, 5.74) is 1.89. The van der Waals surface area contributed by atoms with Gasteiger partial charge in [-0.3, -0.25) is 9.69 Å². The number of anilines is 1. The van der Waals surface area contributed by atoms with E-state index in [1.807, 2.05) is 19.1 Å². The first-order valence-electron chi connectivity index (χ1n) is 7.61. The van der Waals surface area contributed by atoms with Crippen LogP contribution in [0, 0.1) is 6.92 Å². The molecule has 2 aromatic rings. The van der Waals surface area contributed by atoms with Crippen LogP contribution in [-0.4, -0.2) is 32.1 Å². The van der Waals surface area contributed by atoms with Crippen LogP contribution in [0.1, 0.15) is 22.8 Å². The molecule has 126 valence electrons. The number of carbonyl (C=O) groups is 2. The lowest BCUT2D eigenvalue weighted by Gasteiger charge is -2.29. The Hall–Kier alpha value is -2.82. The summed E-state index contributed by atoms with van der Waals surface area (Å²) in [7, 11) is 2.88. The zero-order valence-corrected chi connectivity index (χ0v) is 14.3. The van der Waals surface area contributed by atoms with Crippen molar-refractivity contribution in [2.24, 2.45) is 0 Å². The van der Waals surface area contributed by atoms with E-state index in [4.69, 9.17) is 9.47 Å². The van der Waals surface area contributed by atoms with E-state index in [2.05, 4.69) is 0 Å². The number of carbonyl (C=O) groups excluding carboxylic acids is 2. The summed E-state index contributed by atoms with van der Waals surface area (Å²) in [5, 5.41) is 0. The van der Waals surface area contributed by atoms with Crippen molar-refractivity contribution < 1.29 is 19.1 Å². The van der Waals surface area contributed by atoms with Crippen LogP contribution < -0.4 is 9.64 Å². The fourth-order valence-electron chi connectivity index (χ4n) is 2.57. The first kappa shape index (κ1) is 17.5. The van der Waals surface area contributed by atoms with Gasteiger partial charge in [-0.25, -0.2) is 4.79 Å². The lowest BCUT2D eigenvalue weighted by molar-refractivity contribution is -0.141. The molecule has 0 radical (unpaired) electrons. The van der Waals surface area contributed by atoms with E-state index in [9.17, 15) is 9.59 Å². The molecule has 0 bridgehead atoms. The summed E-state index contributed by atoms with van der Waals surface area (Å²) in [6, 6.07) is 13.5. The summed E-state index contributed by atoms with van der Waals surface area (Å²) >= 11 is 0. The standard InChI is InChI=1S/C19H21NO4/c1-13-16(11-8-12-17(13)23-3)20(14(2)19(22)24-4)18(21)15-9-6-5-7-10-15/h5-12,14H,1-4H3/t14-/m0/s1. The topological polar surface area (TPSA) is 55.8 Å². The van der Waals surface area contributed by atoms with Gasteiger partial charge in [0.25, 0.3) is 5.91 Å². The lowest BCUT2D eigenvalue weighted by atomic mass is 10.1. The van der Waals surface area contributed by atoms with Gasteiger partial charge in [-0.2, -0.15) is 0 Å². The van der Waals surface area contributed by atoms with E-state index >= 15 is 0 Å². The molecule has 5 heteroatoms. The van der Waals surface area contributed by atoms with Gasteiger partial charge in [0.1, 0.15) is 11.8 Å². The summed E-state index contributed by atoms with van der Waals surface area (Å²) in [6.45, 7) is 3.50. The van der Waals surface area contributed by atoms with Gasteiger partial charge in [-0.15, -0.1) is 0 Å². The predicted octanol–water partition coefficient (Wildman–Crippen LogP) is 3.21. The van der Waals surface area contributed by atoms with Crippen LogP contribution in [0.5, 0.6) is 5.75 Å². The second kappa shape index (κ2) is 7.64. The largest absolute Gasteiger partial charge is 0.496 e. The second-order valence-corrected chi connectivity index (χ2v) is 5.34. The molecule has 0 spiro atoms. The molecule has 24 heavy (non-hydrogen) atoms. The number of ether oxygens (including phenoxy) is 2. The summed E-state index contributed by atoms with van der Waals surface area (Å²) < 4.78 is 10.2. The minimum absolute atomic E-state index is 0.273. The molecule has 0 aromatic heterocycles. The Kier molecular flexibility index (Phi) is 5.58. The first-order valence-corrected chi connectivity index (χ1v) is 7.61. The van der Waals surface area contributed by atoms with Gasteiger partial charge in [-0.1, -0.05) is 24.3 Å². The highest BCUT2D eigenvalue weighted by molar-refractivity contribution is 6.09. The van der Waals surface area contributed by atoms with Crippen molar-refractivity contribution in [2.75, 3.05) is 19.1 Å². The van der Waals surface area contributed by atoms with Crippen LogP contribution in [-0.2, 0) is 9.53 Å². The summed E-state index contributed by atoms with van der Waals surface area (Å²) in [6.07, 6.45) is 0. The zero-order chi connectivity index (χ0) is 17.7. The molecule has 1 atom stereocenters. The maximum absolute atomic E-state index is 13.0. The summed E-state index contributed by atoms with van der Waals surface area (Å²) in [4.78, 5) is 26.6. The van der Waals surface area contributed by atoms with Gasteiger partial charge in [0.2, 0.25) is 0 Å². The monoisotopic (exact) mass is 327 g/mol. The number of esters is 1. The van der Waals surface area contributed by atoms with Crippen LogP contribution in [0.15, 0.2) is 48.5 Å². The van der Waals surface area contributed by atoms with E-state index < -0.39 is 12.0 Å². The zero-order valence-electron chi connectivity index (χ0n) is 14.3. The molecule has 1 amide bonds. The molecule has 0 saturated heterocycles. The Balaban J connectivity index is 2.56. The van der Waals surface area contributed by atoms with Crippen LogP contribution in [0.4, 0.5) is 5.69 Å². The van der Waals surface area contributed by atoms with Crippen molar-refractivity contribution in [2.45, 2.75) is 19.9 Å². The van der Waals surface area contributed by atoms with Gasteiger partial charge in [0, 0.05) is 11.1 Å². The number of benzene rings is 2. The Morgan fingerprint density at radius 3 is 2.25 bits per heavy atom. The fraction of sp³-hybridized carbons (Fsp3) is 0.263. The third kappa shape index (κ3) is 3.40. The first-order chi connectivity index (χ1) is 11.5. The van der Waals surface area contributed by atoms with Crippen molar-refractivity contribution >= 4 is 17.6 Å². The summed E-state index contributed by atoms with van der Waals surface area (Å²) in [5.74, 6) is -0.109. The minimum Gasteiger partial charge on any atom is -0.496 e. The maximum atomic E-state index is 13.0. The van der Waals surface area contributed by atoms with Gasteiger partial charge in [-0.05, 0) is 38.1 Å². The second-order valence-electron chi connectivity index (χ2n) is 5.34. The molecule has 0 aliphatic rings. The highest BCUT2D eigenvalue weighted by Crippen LogP contribution is 2.31. The van der Waals surface area contributed by atoms with Crippen molar-refractivity contribution in [1.82, 2.24) is 0 Å². The quantitative estimate of drug-likeness (QED) is 0.791. The van der Waals surface area contributed by atoms with Crippen LogP contribution >= 0.6 is 0 Å². The molecule has 2 aromatic carbocycles. The third-order valence-corrected chi connectivity index (χ3v) is 3.90. The van der Waals surface area contributed by atoms with E-state index in [-0.39, 0.29) is 5.91 Å². The Morgan fingerprint density at radius 2 is 1.67 bits per heavy atom. The Labute approximate surface area is 141 Å². The highest BCUT2D eigenvalue weighted by Gasteiger charge is 2.30. The molecule has 0 aliphatic carbocycles. The van der Waals surface area contributed by atoms with Crippen molar-refractivity contribution in [3.63, 3.8) is 0 Å². The molecule has 0 fully saturated rings. The highest BCUT2D eigenvalue weighted by atomic mass is 16.5. The molecule has 2 rings (SSSR count).